The van der Waals surface area contributed by atoms with Crippen molar-refractivity contribution in [3.8, 4) is 0 Å². The summed E-state index contributed by atoms with van der Waals surface area (Å²) in [4.78, 5) is 0. The van der Waals surface area contributed by atoms with E-state index in [0.29, 0.717) is 27.1 Å². The van der Waals surface area contributed by atoms with Crippen LogP contribution in [0.2, 0.25) is 0 Å². The Morgan fingerprint density at radius 1 is 0.692 bits per heavy atom. The molecule has 0 N–H and O–H groups in total. The smallest absolute Gasteiger partial charge is 0.0195 e. The van der Waals surface area contributed by atoms with Gasteiger partial charge in [-0.15, -0.1) is 0 Å². The van der Waals surface area contributed by atoms with E-state index in [9.17, 15) is 0 Å². The lowest BCUT2D eigenvalue weighted by Crippen LogP contribution is -2.41. The average Bonchev–Trinajstić information content (AvgIpc) is 3.12. The van der Waals surface area contributed by atoms with Gasteiger partial charge in [-0.05, 0) is 95.7 Å². The molecule has 4 saturated carbocycles. The highest BCUT2D eigenvalue weighted by atomic mass is 14.7. The molecule has 0 aromatic heterocycles. The topological polar surface area (TPSA) is 0 Å². The van der Waals surface area contributed by atoms with Crippen LogP contribution in [-0.2, 0) is 0 Å². The summed E-state index contributed by atoms with van der Waals surface area (Å²) < 4.78 is 0. The molecule has 0 aliphatic heterocycles. The van der Waals surface area contributed by atoms with Crippen LogP contribution in [0.5, 0.6) is 0 Å². The fraction of sp³-hybridized carbons (Fsp3) is 1.00. The third kappa shape index (κ3) is 2.83. The van der Waals surface area contributed by atoms with E-state index in [1.807, 2.05) is 0 Å². The van der Waals surface area contributed by atoms with E-state index in [1.54, 1.807) is 0 Å². The summed E-state index contributed by atoms with van der Waals surface area (Å²) in [6, 6.07) is 0. The molecule has 4 rings (SSSR count). The number of hydrogen-bond acceptors (Lipinski definition) is 0. The van der Waals surface area contributed by atoms with Crippen molar-refractivity contribution in [2.45, 2.75) is 114 Å². The maximum Gasteiger partial charge on any atom is -0.0195 e. The van der Waals surface area contributed by atoms with Gasteiger partial charge < -0.3 is 0 Å². The quantitative estimate of drug-likeness (QED) is 0.407. The highest BCUT2D eigenvalue weighted by Crippen LogP contribution is 2.71. The van der Waals surface area contributed by atoms with Gasteiger partial charge in [-0.2, -0.15) is 0 Å². The van der Waals surface area contributed by atoms with Crippen LogP contribution in [0.15, 0.2) is 0 Å². The van der Waals surface area contributed by atoms with Crippen molar-refractivity contribution in [3.05, 3.63) is 0 Å². The fourth-order valence-corrected chi connectivity index (χ4v) is 8.58. The molecule has 3 atom stereocenters. The molecule has 0 heteroatoms. The lowest BCUT2D eigenvalue weighted by Gasteiger charge is -2.49. The first-order chi connectivity index (χ1) is 11.6. The Morgan fingerprint density at radius 3 is 1.42 bits per heavy atom. The molecule has 0 radical (unpaired) electrons. The lowest BCUT2D eigenvalue weighted by atomic mass is 9.56. The lowest BCUT2D eigenvalue weighted by molar-refractivity contribution is 0.000974. The first kappa shape index (κ1) is 20.7. The van der Waals surface area contributed by atoms with Crippen molar-refractivity contribution in [2.75, 3.05) is 0 Å². The van der Waals surface area contributed by atoms with Gasteiger partial charge in [0.1, 0.15) is 0 Å². The highest BCUT2D eigenvalue weighted by Gasteiger charge is 2.63. The Bertz CT molecular complexity index is 513. The summed E-state index contributed by atoms with van der Waals surface area (Å²) >= 11 is 0. The van der Waals surface area contributed by atoms with Crippen molar-refractivity contribution in [1.29, 1.82) is 0 Å². The van der Waals surface area contributed by atoms with Gasteiger partial charge in [-0.25, -0.2) is 0 Å². The first-order valence-corrected chi connectivity index (χ1v) is 11.6. The molecule has 26 heavy (non-hydrogen) atoms. The maximum atomic E-state index is 2.52. The molecule has 4 aliphatic rings. The van der Waals surface area contributed by atoms with Crippen LogP contribution in [0.4, 0.5) is 0 Å². The summed E-state index contributed by atoms with van der Waals surface area (Å²) in [5.74, 6) is 4.05. The zero-order chi connectivity index (χ0) is 19.8. The molecule has 0 nitrogen and oxygen atoms in total. The molecular weight excluding hydrogens is 312 g/mol. The van der Waals surface area contributed by atoms with Crippen LogP contribution in [0.3, 0.4) is 0 Å². The molecule has 152 valence electrons. The summed E-state index contributed by atoms with van der Waals surface area (Å²) in [7, 11) is 0. The molecule has 3 unspecified atom stereocenters. The SMILES string of the molecule is CC(C)(C)C12CCC(CC1)C2(C)C.CC(C)(C)C1CC2CCC1C2(C)C. The zero-order valence-electron chi connectivity index (χ0n) is 19.8. The van der Waals surface area contributed by atoms with Gasteiger partial charge in [-0.3, -0.25) is 0 Å². The number of rotatable bonds is 0. The zero-order valence-corrected chi connectivity index (χ0v) is 19.8. The molecule has 0 amide bonds. The molecule has 0 spiro atoms. The van der Waals surface area contributed by atoms with E-state index in [-0.39, 0.29) is 0 Å². The first-order valence-electron chi connectivity index (χ1n) is 11.6. The van der Waals surface area contributed by atoms with Crippen LogP contribution in [-0.4, -0.2) is 0 Å². The van der Waals surface area contributed by atoms with E-state index >= 15 is 0 Å². The van der Waals surface area contributed by atoms with E-state index in [2.05, 4.69) is 69.2 Å². The summed E-state index contributed by atoms with van der Waals surface area (Å²) in [6.45, 7) is 24.7. The molecule has 0 aromatic carbocycles. The minimum Gasteiger partial charge on any atom is -0.0599 e. The van der Waals surface area contributed by atoms with Gasteiger partial charge in [-0.1, -0.05) is 69.2 Å². The second kappa shape index (κ2) is 6.00. The normalized spacial score (nSPS) is 42.7. The van der Waals surface area contributed by atoms with Crippen LogP contribution in [0, 0.1) is 50.7 Å². The Kier molecular flexibility index (Phi) is 4.78. The maximum absolute atomic E-state index is 2.52. The second-order valence-electron chi connectivity index (χ2n) is 13.7. The summed E-state index contributed by atoms with van der Waals surface area (Å²) in [5.41, 5.74) is 2.94. The van der Waals surface area contributed by atoms with Crippen molar-refractivity contribution in [3.63, 3.8) is 0 Å². The summed E-state index contributed by atoms with van der Waals surface area (Å²) in [6.07, 6.45) is 10.4. The van der Waals surface area contributed by atoms with Crippen LogP contribution in [0.25, 0.3) is 0 Å². The van der Waals surface area contributed by atoms with Crippen LogP contribution in [0.1, 0.15) is 114 Å². The van der Waals surface area contributed by atoms with Gasteiger partial charge in [0.15, 0.2) is 0 Å². The van der Waals surface area contributed by atoms with E-state index in [0.717, 1.165) is 23.7 Å². The fourth-order valence-electron chi connectivity index (χ4n) is 8.58. The van der Waals surface area contributed by atoms with Gasteiger partial charge >= 0.3 is 0 Å². The largest absolute Gasteiger partial charge is 0.0599 e. The van der Waals surface area contributed by atoms with Gasteiger partial charge in [0, 0.05) is 0 Å². The van der Waals surface area contributed by atoms with Crippen molar-refractivity contribution in [2.24, 2.45) is 50.7 Å². The molecule has 0 aromatic rings. The monoisotopic (exact) mass is 360 g/mol. The number of fused-ring (bicyclic) bond motifs is 4. The average molecular weight is 361 g/mol. The standard InChI is InChI=1S/2C13H24/c1-11(2,3)13-8-6-10(7-9-13)12(13,4)5;1-12(2,3)11-8-9-6-7-10(11)13(9,4)5/h10H,6-9H2,1-5H3;9-11H,6-8H2,1-5H3. The Morgan fingerprint density at radius 2 is 1.23 bits per heavy atom. The summed E-state index contributed by atoms with van der Waals surface area (Å²) in [5, 5.41) is 0. The number of hydrogen-bond donors (Lipinski definition) is 0. The second-order valence-corrected chi connectivity index (χ2v) is 13.7. The van der Waals surface area contributed by atoms with Crippen LogP contribution < -0.4 is 0 Å². The molecule has 4 aliphatic carbocycles. The molecule has 4 bridgehead atoms. The van der Waals surface area contributed by atoms with E-state index in [1.165, 1.54) is 44.9 Å². The molecule has 4 fully saturated rings. The van der Waals surface area contributed by atoms with Crippen LogP contribution >= 0.6 is 0 Å². The molecule has 0 saturated heterocycles. The highest BCUT2D eigenvalue weighted by molar-refractivity contribution is 5.12. The molecular formula is C26H48. The predicted octanol–water partition coefficient (Wildman–Crippen LogP) is 8.35. The molecule has 0 heterocycles. The Labute approximate surface area is 165 Å². The van der Waals surface area contributed by atoms with E-state index in [4.69, 9.17) is 0 Å². The van der Waals surface area contributed by atoms with E-state index < -0.39 is 0 Å². The Hall–Kier alpha value is 0. The minimum atomic E-state index is 0.502. The van der Waals surface area contributed by atoms with Gasteiger partial charge in [0.05, 0.1) is 0 Å². The van der Waals surface area contributed by atoms with Gasteiger partial charge in [0.2, 0.25) is 0 Å². The minimum absolute atomic E-state index is 0.502. The Balaban J connectivity index is 0.000000151. The van der Waals surface area contributed by atoms with Gasteiger partial charge in [0.25, 0.3) is 0 Å². The van der Waals surface area contributed by atoms with Crippen molar-refractivity contribution < 1.29 is 0 Å². The predicted molar refractivity (Wildman–Crippen MR) is 115 cm³/mol. The third-order valence-electron chi connectivity index (χ3n) is 10.5. The van der Waals surface area contributed by atoms with Crippen molar-refractivity contribution in [1.82, 2.24) is 0 Å². The van der Waals surface area contributed by atoms with Crippen molar-refractivity contribution >= 4 is 0 Å². The third-order valence-corrected chi connectivity index (χ3v) is 10.5.